The number of anilines is 2. The molecule has 2 aliphatic heterocycles. The Labute approximate surface area is 212 Å². The Morgan fingerprint density at radius 1 is 1.14 bits per heavy atom. The molecule has 3 aromatic rings. The number of hydrogen-bond acceptors (Lipinski definition) is 7. The highest BCUT2D eigenvalue weighted by atomic mass is 35.5. The predicted octanol–water partition coefficient (Wildman–Crippen LogP) is 5.73. The van der Waals surface area contributed by atoms with Crippen LogP contribution in [0.1, 0.15) is 55.8 Å². The Kier molecular flexibility index (Phi) is 6.69. The summed E-state index contributed by atoms with van der Waals surface area (Å²) in [6.07, 6.45) is 2.95. The van der Waals surface area contributed by atoms with Gasteiger partial charge in [-0.15, -0.1) is 0 Å². The van der Waals surface area contributed by atoms with Crippen LogP contribution in [0.4, 0.5) is 20.2 Å². The smallest absolute Gasteiger partial charge is 0.271 e. The number of pyridine rings is 1. The molecular weight excluding hydrogens is 514 g/mol. The van der Waals surface area contributed by atoms with Gasteiger partial charge in [0.1, 0.15) is 29.3 Å². The van der Waals surface area contributed by atoms with E-state index in [-0.39, 0.29) is 29.1 Å². The third-order valence-electron chi connectivity index (χ3n) is 6.55. The molecule has 2 saturated heterocycles. The SMILES string of the molecule is Cc1nc2c(Nc3ccc(C4CCC(F)(F)CO4)cc3S(C)(=O)=O)cc(Cl)nc2n1C1CCCCO1. The van der Waals surface area contributed by atoms with Crippen molar-refractivity contribution in [3.8, 4) is 0 Å². The van der Waals surface area contributed by atoms with Crippen molar-refractivity contribution in [3.63, 3.8) is 0 Å². The molecular formula is C24H27ClF2N4O4S. The van der Waals surface area contributed by atoms with E-state index in [0.29, 0.717) is 40.5 Å². The Morgan fingerprint density at radius 3 is 2.61 bits per heavy atom. The molecule has 8 nitrogen and oxygen atoms in total. The fraction of sp³-hybridized carbons (Fsp3) is 0.500. The molecule has 0 bridgehead atoms. The van der Waals surface area contributed by atoms with E-state index in [1.807, 2.05) is 11.5 Å². The number of rotatable bonds is 5. The van der Waals surface area contributed by atoms with Gasteiger partial charge in [-0.1, -0.05) is 17.7 Å². The van der Waals surface area contributed by atoms with Crippen LogP contribution in [0, 0.1) is 6.92 Å². The highest BCUT2D eigenvalue weighted by molar-refractivity contribution is 7.90. The normalized spacial score (nSPS) is 22.6. The van der Waals surface area contributed by atoms with Crippen LogP contribution in [0.15, 0.2) is 29.2 Å². The van der Waals surface area contributed by atoms with E-state index in [1.54, 1.807) is 18.2 Å². The van der Waals surface area contributed by atoms with Gasteiger partial charge < -0.3 is 14.8 Å². The average Bonchev–Trinajstić information content (AvgIpc) is 3.15. The van der Waals surface area contributed by atoms with E-state index < -0.39 is 28.5 Å². The number of aryl methyl sites for hydroxylation is 1. The Morgan fingerprint density at radius 2 is 1.94 bits per heavy atom. The largest absolute Gasteiger partial charge is 0.367 e. The first-order valence-electron chi connectivity index (χ1n) is 11.8. The quantitative estimate of drug-likeness (QED) is 0.413. The Balaban J connectivity index is 1.53. The first kappa shape index (κ1) is 25.3. The molecule has 0 spiro atoms. The van der Waals surface area contributed by atoms with Crippen molar-refractivity contribution in [2.24, 2.45) is 0 Å². The summed E-state index contributed by atoms with van der Waals surface area (Å²) in [7, 11) is -3.68. The second-order valence-corrected chi connectivity index (χ2v) is 11.7. The lowest BCUT2D eigenvalue weighted by Crippen LogP contribution is -2.31. The van der Waals surface area contributed by atoms with Crippen molar-refractivity contribution in [2.45, 2.75) is 62.2 Å². The maximum Gasteiger partial charge on any atom is 0.271 e. The van der Waals surface area contributed by atoms with Crippen LogP contribution < -0.4 is 5.32 Å². The zero-order valence-electron chi connectivity index (χ0n) is 19.9. The van der Waals surface area contributed by atoms with Gasteiger partial charge in [-0.25, -0.2) is 27.2 Å². The lowest BCUT2D eigenvalue weighted by atomic mass is 9.99. The molecule has 12 heteroatoms. The van der Waals surface area contributed by atoms with Gasteiger partial charge in [-0.3, -0.25) is 4.57 Å². The molecule has 2 atom stereocenters. The van der Waals surface area contributed by atoms with Crippen LogP contribution in [-0.2, 0) is 19.3 Å². The molecule has 194 valence electrons. The van der Waals surface area contributed by atoms with E-state index in [4.69, 9.17) is 21.1 Å². The summed E-state index contributed by atoms with van der Waals surface area (Å²) < 4.78 is 65.6. The van der Waals surface area contributed by atoms with E-state index >= 15 is 0 Å². The molecule has 2 aromatic heterocycles. The van der Waals surface area contributed by atoms with Crippen molar-refractivity contribution in [2.75, 3.05) is 24.8 Å². The van der Waals surface area contributed by atoms with Crippen molar-refractivity contribution in [1.82, 2.24) is 14.5 Å². The minimum atomic E-state index is -3.68. The number of nitrogens with one attached hydrogen (secondary N) is 1. The molecule has 2 fully saturated rings. The first-order valence-corrected chi connectivity index (χ1v) is 14.1. The first-order chi connectivity index (χ1) is 17.0. The molecule has 0 radical (unpaired) electrons. The van der Waals surface area contributed by atoms with E-state index in [0.717, 1.165) is 25.5 Å². The van der Waals surface area contributed by atoms with Crippen LogP contribution in [0.3, 0.4) is 0 Å². The topological polar surface area (TPSA) is 95.3 Å². The summed E-state index contributed by atoms with van der Waals surface area (Å²) >= 11 is 6.36. The van der Waals surface area contributed by atoms with E-state index in [1.165, 1.54) is 6.07 Å². The number of halogens is 3. The third-order valence-corrected chi connectivity index (χ3v) is 7.88. The number of sulfone groups is 1. The number of aromatic nitrogens is 3. The van der Waals surface area contributed by atoms with Crippen molar-refractivity contribution < 1.29 is 26.7 Å². The number of benzene rings is 1. The van der Waals surface area contributed by atoms with E-state index in [2.05, 4.69) is 15.3 Å². The summed E-state index contributed by atoms with van der Waals surface area (Å²) in [5.74, 6) is -2.16. The van der Waals surface area contributed by atoms with Crippen molar-refractivity contribution in [3.05, 3.63) is 40.8 Å². The fourth-order valence-electron chi connectivity index (χ4n) is 4.79. The predicted molar refractivity (Wildman–Crippen MR) is 132 cm³/mol. The molecule has 36 heavy (non-hydrogen) atoms. The van der Waals surface area contributed by atoms with Gasteiger partial charge in [0.25, 0.3) is 5.92 Å². The highest BCUT2D eigenvalue weighted by Gasteiger charge is 2.36. The number of hydrogen-bond donors (Lipinski definition) is 1. The van der Waals surface area contributed by atoms with Gasteiger partial charge in [0.05, 0.1) is 22.4 Å². The molecule has 0 amide bonds. The zero-order chi connectivity index (χ0) is 25.7. The summed E-state index contributed by atoms with van der Waals surface area (Å²) in [5.41, 5.74) is 2.42. The average molecular weight is 541 g/mol. The number of fused-ring (bicyclic) bond motifs is 1. The highest BCUT2D eigenvalue weighted by Crippen LogP contribution is 2.39. The van der Waals surface area contributed by atoms with Gasteiger partial charge >= 0.3 is 0 Å². The van der Waals surface area contributed by atoms with E-state index in [9.17, 15) is 17.2 Å². The summed E-state index contributed by atoms with van der Waals surface area (Å²) in [6, 6.07) is 6.36. The van der Waals surface area contributed by atoms with Crippen molar-refractivity contribution >= 4 is 44.0 Å². The number of imidazole rings is 1. The summed E-state index contributed by atoms with van der Waals surface area (Å²) in [6.45, 7) is 1.83. The minimum Gasteiger partial charge on any atom is -0.367 e. The van der Waals surface area contributed by atoms with Crippen LogP contribution in [-0.4, -0.2) is 48.3 Å². The van der Waals surface area contributed by atoms with Gasteiger partial charge in [0, 0.05) is 25.3 Å². The maximum atomic E-state index is 13.5. The molecule has 0 saturated carbocycles. The van der Waals surface area contributed by atoms with Crippen molar-refractivity contribution in [1.29, 1.82) is 0 Å². The van der Waals surface area contributed by atoms with Gasteiger partial charge in [-0.2, -0.15) is 0 Å². The molecule has 0 aliphatic carbocycles. The van der Waals surface area contributed by atoms with Gasteiger partial charge in [0.15, 0.2) is 15.5 Å². The van der Waals surface area contributed by atoms with Crippen LogP contribution in [0.2, 0.25) is 5.15 Å². The van der Waals surface area contributed by atoms with Crippen LogP contribution in [0.25, 0.3) is 11.2 Å². The van der Waals surface area contributed by atoms with Gasteiger partial charge in [0.2, 0.25) is 0 Å². The Bertz CT molecular complexity index is 1400. The molecule has 5 rings (SSSR count). The number of nitrogens with zero attached hydrogens (tertiary/aromatic N) is 3. The summed E-state index contributed by atoms with van der Waals surface area (Å²) in [4.78, 5) is 9.18. The monoisotopic (exact) mass is 540 g/mol. The standard InChI is InChI=1S/C24H27ClF2N4O4S/c1-14-28-22-17(12-20(25)30-23(22)31(14)21-5-3-4-10-34-21)29-16-7-6-15(11-19(16)36(2,32)33)18-8-9-24(26,27)13-35-18/h6-7,11-12,18,21H,3-5,8-10,13H2,1-2H3,(H,29,30). The van der Waals surface area contributed by atoms with Crippen LogP contribution >= 0.6 is 11.6 Å². The number of ether oxygens (including phenoxy) is 2. The fourth-order valence-corrected chi connectivity index (χ4v) is 5.84. The van der Waals surface area contributed by atoms with Crippen LogP contribution in [0.5, 0.6) is 0 Å². The summed E-state index contributed by atoms with van der Waals surface area (Å²) in [5, 5.41) is 3.39. The second-order valence-electron chi connectivity index (χ2n) is 9.36. The lowest BCUT2D eigenvalue weighted by molar-refractivity contribution is -0.145. The molecule has 2 unspecified atom stereocenters. The number of alkyl halides is 2. The van der Waals surface area contributed by atoms with Gasteiger partial charge in [-0.05, 0) is 50.3 Å². The minimum absolute atomic E-state index is 0.0220. The maximum absolute atomic E-state index is 13.5. The molecule has 1 N–H and O–H groups in total. The zero-order valence-corrected chi connectivity index (χ0v) is 21.5. The molecule has 1 aromatic carbocycles. The molecule has 4 heterocycles. The lowest BCUT2D eigenvalue weighted by Gasteiger charge is -2.29. The second kappa shape index (κ2) is 9.51. The third kappa shape index (κ3) is 5.06. The molecule has 2 aliphatic rings. The Hall–Kier alpha value is -2.34.